The van der Waals surface area contributed by atoms with E-state index < -0.39 is 34.3 Å². The van der Waals surface area contributed by atoms with E-state index in [2.05, 4.69) is 5.32 Å². The maximum atomic E-state index is 12.0. The molecular formula is C16H22N2O7S. The predicted octanol–water partition coefficient (Wildman–Crippen LogP) is 1.26. The van der Waals surface area contributed by atoms with Crippen LogP contribution in [0.25, 0.3) is 0 Å². The lowest BCUT2D eigenvalue weighted by Gasteiger charge is -2.36. The van der Waals surface area contributed by atoms with Gasteiger partial charge in [-0.1, -0.05) is 30.3 Å². The molecule has 1 fully saturated rings. The zero-order valence-electron chi connectivity index (χ0n) is 14.3. The topological polar surface area (TPSA) is 122 Å². The van der Waals surface area contributed by atoms with Crippen LogP contribution in [0.5, 0.6) is 0 Å². The van der Waals surface area contributed by atoms with Crippen LogP contribution in [0.3, 0.4) is 0 Å². The molecule has 1 heterocycles. The third-order valence-corrected chi connectivity index (χ3v) is 4.58. The molecule has 2 rings (SSSR count). The van der Waals surface area contributed by atoms with Crippen molar-refractivity contribution in [2.45, 2.75) is 19.1 Å². The van der Waals surface area contributed by atoms with Crippen LogP contribution in [0.4, 0.5) is 9.59 Å². The molecule has 26 heavy (non-hydrogen) atoms. The van der Waals surface area contributed by atoms with Gasteiger partial charge in [0.05, 0.1) is 12.9 Å². The molecule has 0 bridgehead atoms. The number of ether oxygens (including phenoxy) is 1. The van der Waals surface area contributed by atoms with Gasteiger partial charge in [0, 0.05) is 25.0 Å². The second kappa shape index (κ2) is 8.86. The fraction of sp³-hybridized carbons (Fsp3) is 0.500. The Morgan fingerprint density at radius 2 is 2.00 bits per heavy atom. The van der Waals surface area contributed by atoms with E-state index in [0.29, 0.717) is 6.42 Å². The van der Waals surface area contributed by atoms with E-state index in [1.807, 2.05) is 30.3 Å². The monoisotopic (exact) mass is 386 g/mol. The number of benzene rings is 1. The second-order valence-corrected chi connectivity index (χ2v) is 7.72. The van der Waals surface area contributed by atoms with Crippen LogP contribution in [-0.2, 0) is 25.6 Å². The van der Waals surface area contributed by atoms with E-state index in [0.717, 1.165) is 11.8 Å². The summed E-state index contributed by atoms with van der Waals surface area (Å²) in [5, 5.41) is 11.8. The Hall–Kier alpha value is -2.33. The first-order valence-electron chi connectivity index (χ1n) is 8.04. The van der Waals surface area contributed by atoms with Crippen molar-refractivity contribution in [3.63, 3.8) is 0 Å². The number of nitrogens with one attached hydrogen (secondary N) is 1. The van der Waals surface area contributed by atoms with Gasteiger partial charge in [-0.25, -0.2) is 9.59 Å². The molecule has 0 aromatic heterocycles. The van der Waals surface area contributed by atoms with Gasteiger partial charge in [-0.3, -0.25) is 4.18 Å². The van der Waals surface area contributed by atoms with Crippen molar-refractivity contribution in [3.8, 4) is 0 Å². The summed E-state index contributed by atoms with van der Waals surface area (Å²) < 4.78 is 32.4. The van der Waals surface area contributed by atoms with E-state index in [1.165, 1.54) is 4.90 Å². The minimum absolute atomic E-state index is 0.0640. The number of nitrogens with zero attached hydrogens (tertiary/aromatic N) is 1. The van der Waals surface area contributed by atoms with Gasteiger partial charge >= 0.3 is 12.2 Å². The van der Waals surface area contributed by atoms with Crippen molar-refractivity contribution >= 4 is 22.3 Å². The van der Waals surface area contributed by atoms with Crippen molar-refractivity contribution < 1.29 is 32.0 Å². The van der Waals surface area contributed by atoms with Crippen LogP contribution in [0.1, 0.15) is 12.0 Å². The number of carbonyl (C=O) groups excluding carboxylic acids is 1. The highest BCUT2D eigenvalue weighted by Crippen LogP contribution is 2.19. The summed E-state index contributed by atoms with van der Waals surface area (Å²) in [6.07, 6.45) is -0.488. The fourth-order valence-electron chi connectivity index (χ4n) is 2.69. The van der Waals surface area contributed by atoms with Crippen molar-refractivity contribution in [2.75, 3.05) is 26.0 Å². The van der Waals surface area contributed by atoms with Gasteiger partial charge in [-0.05, 0) is 12.0 Å². The Bertz CT molecular complexity index is 723. The number of likely N-dealkylation sites (tertiary alicyclic amines) is 1. The van der Waals surface area contributed by atoms with E-state index in [-0.39, 0.29) is 26.3 Å². The summed E-state index contributed by atoms with van der Waals surface area (Å²) in [6, 6.07) is 8.71. The van der Waals surface area contributed by atoms with Crippen LogP contribution in [0.15, 0.2) is 30.3 Å². The molecule has 0 aliphatic carbocycles. The molecule has 144 valence electrons. The molecule has 1 aromatic carbocycles. The summed E-state index contributed by atoms with van der Waals surface area (Å²) in [4.78, 5) is 24.3. The number of hydrogen-bond donors (Lipinski definition) is 2. The molecule has 0 unspecified atom stereocenters. The van der Waals surface area contributed by atoms with Gasteiger partial charge in [0.15, 0.2) is 0 Å². The van der Waals surface area contributed by atoms with E-state index >= 15 is 0 Å². The number of alkyl carbamates (subject to hydrolysis) is 1. The standard InChI is InChI=1S/C16H22N2O7S/c1-26(22,23)25-11-13-9-18(16(20)21)8-7-14(13)17-15(19)24-10-12-5-3-2-4-6-12/h2-6,13-14H,7-11H2,1H3,(H,17,19)(H,20,21)/t13-,14-/m1/s1. The van der Waals surface area contributed by atoms with Crippen LogP contribution >= 0.6 is 0 Å². The van der Waals surface area contributed by atoms with Crippen LogP contribution in [0, 0.1) is 5.92 Å². The zero-order chi connectivity index (χ0) is 19.2. The maximum Gasteiger partial charge on any atom is 0.407 e. The maximum absolute atomic E-state index is 12.0. The average Bonchev–Trinajstić information content (AvgIpc) is 2.59. The summed E-state index contributed by atoms with van der Waals surface area (Å²) >= 11 is 0. The predicted molar refractivity (Wildman–Crippen MR) is 92.1 cm³/mol. The summed E-state index contributed by atoms with van der Waals surface area (Å²) in [5.74, 6) is -0.501. The van der Waals surface area contributed by atoms with Crippen LogP contribution in [0.2, 0.25) is 0 Å². The highest BCUT2D eigenvalue weighted by Gasteiger charge is 2.33. The van der Waals surface area contributed by atoms with E-state index in [1.54, 1.807) is 0 Å². The Kier molecular flexibility index (Phi) is 6.81. The highest BCUT2D eigenvalue weighted by molar-refractivity contribution is 7.85. The highest BCUT2D eigenvalue weighted by atomic mass is 32.2. The first kappa shape index (κ1) is 20.0. The zero-order valence-corrected chi connectivity index (χ0v) is 15.1. The molecule has 2 N–H and O–H groups in total. The largest absolute Gasteiger partial charge is 0.465 e. The lowest BCUT2D eigenvalue weighted by molar-refractivity contribution is 0.0808. The Balaban J connectivity index is 1.92. The Labute approximate surface area is 152 Å². The van der Waals surface area contributed by atoms with Gasteiger partial charge in [0.1, 0.15) is 6.61 Å². The SMILES string of the molecule is CS(=O)(=O)OC[C@H]1CN(C(=O)O)CC[C@H]1NC(=O)OCc1ccccc1. The van der Waals surface area contributed by atoms with Crippen molar-refractivity contribution in [1.82, 2.24) is 10.2 Å². The minimum atomic E-state index is -3.67. The molecule has 1 saturated heterocycles. The number of rotatable bonds is 6. The van der Waals surface area contributed by atoms with Gasteiger partial charge in [-0.2, -0.15) is 8.42 Å². The van der Waals surface area contributed by atoms with Crippen molar-refractivity contribution in [2.24, 2.45) is 5.92 Å². The van der Waals surface area contributed by atoms with Crippen LogP contribution in [-0.4, -0.2) is 62.6 Å². The average molecular weight is 386 g/mol. The summed E-state index contributed by atoms with van der Waals surface area (Å²) in [7, 11) is -3.67. The first-order chi connectivity index (χ1) is 12.2. The molecule has 2 atom stereocenters. The first-order valence-corrected chi connectivity index (χ1v) is 9.86. The Morgan fingerprint density at radius 3 is 2.62 bits per heavy atom. The summed E-state index contributed by atoms with van der Waals surface area (Å²) in [5.41, 5.74) is 0.834. The molecule has 9 nitrogen and oxygen atoms in total. The number of piperidine rings is 1. The van der Waals surface area contributed by atoms with E-state index in [9.17, 15) is 18.0 Å². The number of carboxylic acid groups (broad SMARTS) is 1. The molecule has 0 radical (unpaired) electrons. The minimum Gasteiger partial charge on any atom is -0.465 e. The molecule has 1 aromatic rings. The van der Waals surface area contributed by atoms with Crippen molar-refractivity contribution in [3.05, 3.63) is 35.9 Å². The molecule has 0 spiro atoms. The number of hydrogen-bond acceptors (Lipinski definition) is 6. The van der Waals surface area contributed by atoms with Gasteiger partial charge in [-0.15, -0.1) is 0 Å². The fourth-order valence-corrected chi connectivity index (χ4v) is 3.11. The van der Waals surface area contributed by atoms with Gasteiger partial charge < -0.3 is 20.1 Å². The second-order valence-electron chi connectivity index (χ2n) is 6.08. The Morgan fingerprint density at radius 1 is 1.31 bits per heavy atom. The quantitative estimate of drug-likeness (QED) is 0.706. The molecular weight excluding hydrogens is 364 g/mol. The molecule has 1 aliphatic rings. The normalized spacial score (nSPS) is 20.4. The lowest BCUT2D eigenvalue weighted by Crippen LogP contribution is -2.53. The van der Waals surface area contributed by atoms with Gasteiger partial charge in [0.2, 0.25) is 0 Å². The molecule has 1 aliphatic heterocycles. The third-order valence-electron chi connectivity index (χ3n) is 4.02. The van der Waals surface area contributed by atoms with Crippen LogP contribution < -0.4 is 5.32 Å². The van der Waals surface area contributed by atoms with Gasteiger partial charge in [0.25, 0.3) is 10.1 Å². The van der Waals surface area contributed by atoms with Crippen molar-refractivity contribution in [1.29, 1.82) is 0 Å². The summed E-state index contributed by atoms with van der Waals surface area (Å²) in [6.45, 7) is 0.181. The number of carbonyl (C=O) groups is 2. The van der Waals surface area contributed by atoms with E-state index in [4.69, 9.17) is 14.0 Å². The molecule has 10 heteroatoms. The smallest absolute Gasteiger partial charge is 0.407 e. The third kappa shape index (κ3) is 6.52. The molecule has 0 saturated carbocycles. The molecule has 2 amide bonds. The number of amides is 2. The lowest BCUT2D eigenvalue weighted by atomic mass is 9.93.